The Bertz CT molecular complexity index is 387. The maximum atomic E-state index is 12.4. The Kier molecular flexibility index (Phi) is 3.58. The molecule has 0 fully saturated rings. The predicted octanol–water partition coefficient (Wildman–Crippen LogP) is 2.71. The Hall–Kier alpha value is -1.51. The van der Waals surface area contributed by atoms with E-state index < -0.39 is 18.6 Å². The molecule has 1 aromatic rings. The lowest BCUT2D eigenvalue weighted by atomic mass is 10.1. The molecule has 0 aromatic carbocycles. The highest BCUT2D eigenvalue weighted by Gasteiger charge is 2.40. The molecule has 1 atom stereocenters. The van der Waals surface area contributed by atoms with Crippen molar-refractivity contribution in [3.05, 3.63) is 18.2 Å². The van der Waals surface area contributed by atoms with Crippen molar-refractivity contribution in [2.24, 2.45) is 5.92 Å². The molecule has 1 rings (SSSR count). The van der Waals surface area contributed by atoms with E-state index in [1.165, 1.54) is 23.0 Å². The van der Waals surface area contributed by atoms with E-state index in [0.29, 0.717) is 5.82 Å². The number of alkyl halides is 3. The Balaban J connectivity index is 2.88. The fourth-order valence-corrected chi connectivity index (χ4v) is 1.39. The van der Waals surface area contributed by atoms with Crippen molar-refractivity contribution in [2.45, 2.75) is 32.5 Å². The normalized spacial score (nSPS) is 13.8. The molecule has 1 unspecified atom stereocenters. The lowest BCUT2D eigenvalue weighted by Crippen LogP contribution is -2.26. The zero-order valence-electron chi connectivity index (χ0n) is 8.99. The summed E-state index contributed by atoms with van der Waals surface area (Å²) in [6, 6.07) is 1.27. The van der Waals surface area contributed by atoms with Gasteiger partial charge in [0.1, 0.15) is 5.82 Å². The molecule has 1 heterocycles. The molecule has 1 aromatic heterocycles. The molecule has 0 radical (unpaired) electrons. The topological polar surface area (TPSA) is 41.6 Å². The molecule has 0 spiro atoms. The highest BCUT2D eigenvalue weighted by atomic mass is 19.4. The van der Waals surface area contributed by atoms with Crippen LogP contribution in [-0.2, 0) is 6.54 Å². The maximum Gasteiger partial charge on any atom is 0.406 e. The SMILES string of the molecule is CC(C)c1nccn1CC(C#N)C(F)(F)F. The van der Waals surface area contributed by atoms with Crippen LogP contribution in [0.2, 0.25) is 0 Å². The minimum absolute atomic E-state index is 0.0302. The van der Waals surface area contributed by atoms with E-state index in [2.05, 4.69) is 4.98 Å². The molecule has 16 heavy (non-hydrogen) atoms. The van der Waals surface area contributed by atoms with E-state index >= 15 is 0 Å². The fourth-order valence-electron chi connectivity index (χ4n) is 1.39. The molecular weight excluding hydrogens is 219 g/mol. The van der Waals surface area contributed by atoms with Gasteiger partial charge in [-0.15, -0.1) is 0 Å². The van der Waals surface area contributed by atoms with Crippen LogP contribution in [0.15, 0.2) is 12.4 Å². The van der Waals surface area contributed by atoms with Crippen molar-refractivity contribution in [1.82, 2.24) is 9.55 Å². The molecule has 0 saturated carbocycles. The highest BCUT2D eigenvalue weighted by Crippen LogP contribution is 2.27. The fraction of sp³-hybridized carbons (Fsp3) is 0.600. The largest absolute Gasteiger partial charge is 0.406 e. The third-order valence-electron chi connectivity index (χ3n) is 2.19. The van der Waals surface area contributed by atoms with Gasteiger partial charge in [-0.25, -0.2) is 4.98 Å². The number of hydrogen-bond donors (Lipinski definition) is 0. The van der Waals surface area contributed by atoms with Crippen LogP contribution in [0.1, 0.15) is 25.6 Å². The van der Waals surface area contributed by atoms with Gasteiger partial charge >= 0.3 is 6.18 Å². The molecule has 88 valence electrons. The monoisotopic (exact) mass is 231 g/mol. The Morgan fingerprint density at radius 3 is 2.56 bits per heavy atom. The van der Waals surface area contributed by atoms with Crippen LogP contribution in [-0.4, -0.2) is 15.7 Å². The van der Waals surface area contributed by atoms with E-state index in [4.69, 9.17) is 5.26 Å². The molecule has 0 bridgehead atoms. The van der Waals surface area contributed by atoms with Gasteiger partial charge in [-0.2, -0.15) is 18.4 Å². The number of nitrogens with zero attached hydrogens (tertiary/aromatic N) is 3. The van der Waals surface area contributed by atoms with Gasteiger partial charge < -0.3 is 4.57 Å². The number of rotatable bonds is 3. The molecule has 3 nitrogen and oxygen atoms in total. The van der Waals surface area contributed by atoms with Gasteiger partial charge in [-0.1, -0.05) is 13.8 Å². The number of nitriles is 1. The summed E-state index contributed by atoms with van der Waals surface area (Å²) in [6.07, 6.45) is -1.58. The van der Waals surface area contributed by atoms with Gasteiger partial charge in [-0.3, -0.25) is 0 Å². The van der Waals surface area contributed by atoms with Gasteiger partial charge in [0.2, 0.25) is 0 Å². The lowest BCUT2D eigenvalue weighted by molar-refractivity contribution is -0.162. The van der Waals surface area contributed by atoms with Crippen LogP contribution in [0.5, 0.6) is 0 Å². The third kappa shape index (κ3) is 2.75. The number of imidazole rings is 1. The van der Waals surface area contributed by atoms with Crippen molar-refractivity contribution >= 4 is 0 Å². The lowest BCUT2D eigenvalue weighted by Gasteiger charge is -2.16. The van der Waals surface area contributed by atoms with Gasteiger partial charge in [0.15, 0.2) is 5.92 Å². The standard InChI is InChI=1S/C10H12F3N3/c1-7(2)9-15-3-4-16(9)6-8(5-14)10(11,12)13/h3-4,7-8H,6H2,1-2H3. The molecule has 6 heteroatoms. The summed E-state index contributed by atoms with van der Waals surface area (Å²) in [4.78, 5) is 3.97. The summed E-state index contributed by atoms with van der Waals surface area (Å²) in [5.41, 5.74) is 0. The van der Waals surface area contributed by atoms with Gasteiger partial charge in [0.25, 0.3) is 0 Å². The second kappa shape index (κ2) is 4.56. The minimum Gasteiger partial charge on any atom is -0.333 e. The maximum absolute atomic E-state index is 12.4. The Morgan fingerprint density at radius 2 is 2.12 bits per heavy atom. The van der Waals surface area contributed by atoms with Crippen molar-refractivity contribution in [1.29, 1.82) is 5.26 Å². The molecule has 0 aliphatic carbocycles. The average Bonchev–Trinajstić information content (AvgIpc) is 2.59. The zero-order chi connectivity index (χ0) is 12.3. The average molecular weight is 231 g/mol. The second-order valence-electron chi connectivity index (χ2n) is 3.82. The molecule has 0 aliphatic heterocycles. The third-order valence-corrected chi connectivity index (χ3v) is 2.19. The number of aromatic nitrogens is 2. The summed E-state index contributed by atoms with van der Waals surface area (Å²) in [6.45, 7) is 3.29. The van der Waals surface area contributed by atoms with Crippen molar-refractivity contribution < 1.29 is 13.2 Å². The summed E-state index contributed by atoms with van der Waals surface area (Å²) in [7, 11) is 0. The van der Waals surface area contributed by atoms with E-state index in [-0.39, 0.29) is 5.92 Å². The molecule has 0 amide bonds. The first-order valence-electron chi connectivity index (χ1n) is 4.83. The van der Waals surface area contributed by atoms with Gasteiger partial charge in [0.05, 0.1) is 6.07 Å². The first kappa shape index (κ1) is 12.6. The van der Waals surface area contributed by atoms with Crippen LogP contribution in [0.3, 0.4) is 0 Å². The van der Waals surface area contributed by atoms with Crippen molar-refractivity contribution in [2.75, 3.05) is 0 Å². The second-order valence-corrected chi connectivity index (χ2v) is 3.82. The molecule has 0 aliphatic rings. The first-order chi connectivity index (χ1) is 7.36. The van der Waals surface area contributed by atoms with Crippen molar-refractivity contribution in [3.8, 4) is 6.07 Å². The Morgan fingerprint density at radius 1 is 1.50 bits per heavy atom. The molecular formula is C10H12F3N3. The van der Waals surface area contributed by atoms with Crippen LogP contribution < -0.4 is 0 Å². The summed E-state index contributed by atoms with van der Waals surface area (Å²) >= 11 is 0. The first-order valence-corrected chi connectivity index (χ1v) is 4.83. The minimum atomic E-state index is -4.49. The summed E-state index contributed by atoms with van der Waals surface area (Å²) in [5.74, 6) is -1.40. The summed E-state index contributed by atoms with van der Waals surface area (Å²) in [5, 5.41) is 8.49. The predicted molar refractivity (Wildman–Crippen MR) is 51.5 cm³/mol. The van der Waals surface area contributed by atoms with Crippen LogP contribution in [0.25, 0.3) is 0 Å². The van der Waals surface area contributed by atoms with Crippen LogP contribution in [0.4, 0.5) is 13.2 Å². The van der Waals surface area contributed by atoms with E-state index in [9.17, 15) is 13.2 Å². The molecule has 0 N–H and O–H groups in total. The van der Waals surface area contributed by atoms with Crippen LogP contribution in [0, 0.1) is 17.2 Å². The number of hydrogen-bond acceptors (Lipinski definition) is 2. The smallest absolute Gasteiger partial charge is 0.333 e. The number of halogens is 3. The zero-order valence-corrected chi connectivity index (χ0v) is 8.99. The molecule has 0 saturated heterocycles. The highest BCUT2D eigenvalue weighted by molar-refractivity contribution is 5.00. The van der Waals surface area contributed by atoms with Gasteiger partial charge in [0, 0.05) is 24.9 Å². The van der Waals surface area contributed by atoms with E-state index in [1.807, 2.05) is 13.8 Å². The Labute approximate surface area is 91.5 Å². The van der Waals surface area contributed by atoms with E-state index in [1.54, 1.807) is 0 Å². The quantitative estimate of drug-likeness (QED) is 0.802. The van der Waals surface area contributed by atoms with Crippen molar-refractivity contribution in [3.63, 3.8) is 0 Å². The van der Waals surface area contributed by atoms with Gasteiger partial charge in [-0.05, 0) is 0 Å². The van der Waals surface area contributed by atoms with Crippen LogP contribution >= 0.6 is 0 Å². The summed E-state index contributed by atoms with van der Waals surface area (Å²) < 4.78 is 38.5. The van der Waals surface area contributed by atoms with E-state index in [0.717, 1.165) is 0 Å².